The lowest BCUT2D eigenvalue weighted by Crippen LogP contribution is -2.49. The first kappa shape index (κ1) is 31.2. The summed E-state index contributed by atoms with van der Waals surface area (Å²) in [6.45, 7) is 4.21. The van der Waals surface area contributed by atoms with E-state index in [-0.39, 0.29) is 31.1 Å². The van der Waals surface area contributed by atoms with Crippen LogP contribution in [0.4, 0.5) is 26.2 Å². The number of hydrogen-bond acceptors (Lipinski definition) is 8. The van der Waals surface area contributed by atoms with Crippen LogP contribution in [0.3, 0.4) is 0 Å². The molecule has 2 amide bonds. The van der Waals surface area contributed by atoms with E-state index in [4.69, 9.17) is 17.0 Å². The second-order valence-electron chi connectivity index (χ2n) is 10.2. The van der Waals surface area contributed by atoms with Crippen molar-refractivity contribution in [2.75, 3.05) is 60.0 Å². The molecule has 1 atom stereocenters. The van der Waals surface area contributed by atoms with Crippen molar-refractivity contribution in [2.24, 2.45) is 0 Å². The molecule has 2 aromatic carbocycles. The summed E-state index contributed by atoms with van der Waals surface area (Å²) >= 11 is 5.14. The van der Waals surface area contributed by atoms with Crippen molar-refractivity contribution in [3.63, 3.8) is 0 Å². The summed E-state index contributed by atoms with van der Waals surface area (Å²) in [6.07, 6.45) is 0.863. The summed E-state index contributed by atoms with van der Waals surface area (Å²) in [4.78, 5) is 43.2. The van der Waals surface area contributed by atoms with E-state index in [1.807, 2.05) is 11.8 Å². The minimum absolute atomic E-state index is 0.0229. The molecule has 4 rings (SSSR count). The number of amides is 2. The number of hydrogen-bond donors (Lipinski definition) is 2. The number of thiocarbonyl (C=S) groups is 1. The number of nitrogens with zero attached hydrogens (tertiary/aromatic N) is 3. The number of rotatable bonds is 11. The van der Waals surface area contributed by atoms with Gasteiger partial charge in [-0.15, -0.1) is 0 Å². The van der Waals surface area contributed by atoms with Crippen LogP contribution < -0.4 is 19.8 Å². The van der Waals surface area contributed by atoms with Crippen LogP contribution in [0.2, 0.25) is 0 Å². The molecule has 0 spiro atoms. The topological polar surface area (TPSA) is 128 Å². The number of halogens is 1. The van der Waals surface area contributed by atoms with Crippen molar-refractivity contribution in [1.29, 1.82) is 0 Å². The number of anilines is 3. The Balaban J connectivity index is 1.25. The van der Waals surface area contributed by atoms with E-state index in [9.17, 15) is 22.8 Å². The van der Waals surface area contributed by atoms with Crippen molar-refractivity contribution in [1.82, 2.24) is 10.2 Å². The fourth-order valence-corrected chi connectivity index (χ4v) is 5.42. The molecule has 0 unspecified atom stereocenters. The zero-order valence-corrected chi connectivity index (χ0v) is 25.1. The van der Waals surface area contributed by atoms with E-state index in [1.54, 1.807) is 17.0 Å². The summed E-state index contributed by atoms with van der Waals surface area (Å²) < 4.78 is 45.5. The highest BCUT2D eigenvalue weighted by Crippen LogP contribution is 2.28. The quantitative estimate of drug-likeness (QED) is 0.288. The number of carbonyl (C=O) groups is 3. The predicted molar refractivity (Wildman–Crippen MR) is 162 cm³/mol. The molecule has 2 N–H and O–H groups in total. The van der Waals surface area contributed by atoms with Crippen LogP contribution in [-0.4, -0.2) is 87.7 Å². The van der Waals surface area contributed by atoms with Gasteiger partial charge in [0.15, 0.2) is 5.78 Å². The minimum Gasteiger partial charge on any atom is -0.442 e. The molecule has 2 aliphatic rings. The van der Waals surface area contributed by atoms with Crippen LogP contribution in [0.1, 0.15) is 36.5 Å². The maximum absolute atomic E-state index is 15.1. The van der Waals surface area contributed by atoms with E-state index in [0.29, 0.717) is 66.8 Å². The third kappa shape index (κ3) is 8.16. The molecule has 14 heteroatoms. The summed E-state index contributed by atoms with van der Waals surface area (Å²) in [5, 5.41) is 3.05. The van der Waals surface area contributed by atoms with Crippen molar-refractivity contribution < 1.29 is 31.9 Å². The molecular weight excluding hydrogens is 585 g/mol. The Kier molecular flexibility index (Phi) is 9.99. The maximum atomic E-state index is 15.1. The fourth-order valence-electron chi connectivity index (χ4n) is 4.77. The lowest BCUT2D eigenvalue weighted by molar-refractivity contribution is -0.131. The fraction of sp³-hybridized carbons (Fsp3) is 0.429. The van der Waals surface area contributed by atoms with Crippen LogP contribution in [-0.2, 0) is 19.6 Å². The normalized spacial score (nSPS) is 17.2. The number of nitrogens with one attached hydrogen (secondary N) is 2. The summed E-state index contributed by atoms with van der Waals surface area (Å²) in [6, 6.07) is 10.7. The van der Waals surface area contributed by atoms with Gasteiger partial charge in [-0.2, -0.15) is 0 Å². The average Bonchev–Trinajstić information content (AvgIpc) is 3.34. The Hall–Kier alpha value is -3.78. The number of benzene rings is 2. The van der Waals surface area contributed by atoms with E-state index in [1.165, 1.54) is 35.2 Å². The summed E-state index contributed by atoms with van der Waals surface area (Å²) in [5.74, 6) is -0.855. The van der Waals surface area contributed by atoms with Gasteiger partial charge in [-0.05, 0) is 48.9 Å². The van der Waals surface area contributed by atoms with Gasteiger partial charge in [0.1, 0.15) is 11.9 Å². The first-order chi connectivity index (χ1) is 19.9. The molecule has 2 aliphatic heterocycles. The Bertz CT molecular complexity index is 1450. The monoisotopic (exact) mass is 619 g/mol. The zero-order valence-electron chi connectivity index (χ0n) is 23.5. The molecule has 226 valence electrons. The molecule has 2 saturated heterocycles. The second kappa shape index (κ2) is 13.5. The smallest absolute Gasteiger partial charge is 0.414 e. The third-order valence-electron chi connectivity index (χ3n) is 7.01. The van der Waals surface area contributed by atoms with Crippen molar-refractivity contribution in [3.8, 4) is 0 Å². The number of piperazine rings is 1. The Morgan fingerprint density at radius 1 is 1.07 bits per heavy atom. The SMILES string of the molecule is CCC(=S)NC[C@H]1CN(c2ccc(N3CCN(C(=O)CCC(=O)c4ccc(NS(C)(=O)=O)cc4)CC3)c(F)c2)C(=O)O1. The average molecular weight is 620 g/mol. The number of Topliss-reactive ketones (excluding diaryl/α,β-unsaturated/α-hetero) is 1. The number of sulfonamides is 1. The van der Waals surface area contributed by atoms with Gasteiger partial charge in [-0.3, -0.25) is 19.2 Å². The number of ether oxygens (including phenoxy) is 1. The van der Waals surface area contributed by atoms with Crippen LogP contribution in [0, 0.1) is 5.82 Å². The van der Waals surface area contributed by atoms with E-state index < -0.39 is 28.0 Å². The molecule has 0 radical (unpaired) electrons. The highest BCUT2D eigenvalue weighted by molar-refractivity contribution is 7.92. The van der Waals surface area contributed by atoms with Gasteiger partial charge in [-0.25, -0.2) is 17.6 Å². The number of carbonyl (C=O) groups excluding carboxylic acids is 3. The van der Waals surface area contributed by atoms with E-state index in [0.717, 1.165) is 6.26 Å². The van der Waals surface area contributed by atoms with Crippen LogP contribution in [0.5, 0.6) is 0 Å². The Morgan fingerprint density at radius 3 is 2.38 bits per heavy atom. The molecule has 2 heterocycles. The summed E-state index contributed by atoms with van der Waals surface area (Å²) in [5.41, 5.74) is 1.53. The van der Waals surface area contributed by atoms with Crippen LogP contribution >= 0.6 is 12.2 Å². The van der Waals surface area contributed by atoms with Gasteiger partial charge in [0.2, 0.25) is 15.9 Å². The van der Waals surface area contributed by atoms with Crippen LogP contribution in [0.25, 0.3) is 0 Å². The molecule has 0 bridgehead atoms. The van der Waals surface area contributed by atoms with Gasteiger partial charge in [0.25, 0.3) is 0 Å². The third-order valence-corrected chi connectivity index (χ3v) is 8.05. The lowest BCUT2D eigenvalue weighted by Gasteiger charge is -2.36. The highest BCUT2D eigenvalue weighted by Gasteiger charge is 2.33. The van der Waals surface area contributed by atoms with Gasteiger partial charge >= 0.3 is 6.09 Å². The molecule has 2 aromatic rings. The first-order valence-corrected chi connectivity index (χ1v) is 15.9. The number of cyclic esters (lactones) is 1. The van der Waals surface area contributed by atoms with Gasteiger partial charge in [0.05, 0.1) is 35.7 Å². The Morgan fingerprint density at radius 2 is 1.76 bits per heavy atom. The summed E-state index contributed by atoms with van der Waals surface area (Å²) in [7, 11) is -3.42. The molecule has 42 heavy (non-hydrogen) atoms. The molecule has 0 aromatic heterocycles. The zero-order chi connectivity index (χ0) is 30.4. The van der Waals surface area contributed by atoms with E-state index >= 15 is 4.39 Å². The molecule has 0 saturated carbocycles. The number of ketones is 1. The molecular formula is C28H34FN5O6S2. The second-order valence-corrected chi connectivity index (χ2v) is 12.4. The Labute approximate surface area is 250 Å². The minimum atomic E-state index is -3.42. The van der Waals surface area contributed by atoms with Crippen molar-refractivity contribution in [2.45, 2.75) is 32.3 Å². The largest absolute Gasteiger partial charge is 0.442 e. The predicted octanol–water partition coefficient (Wildman–Crippen LogP) is 3.16. The van der Waals surface area contributed by atoms with Gasteiger partial charge < -0.3 is 19.9 Å². The van der Waals surface area contributed by atoms with Gasteiger partial charge in [0, 0.05) is 50.3 Å². The molecule has 2 fully saturated rings. The van der Waals surface area contributed by atoms with Crippen molar-refractivity contribution in [3.05, 3.63) is 53.8 Å². The maximum Gasteiger partial charge on any atom is 0.414 e. The molecule has 11 nitrogen and oxygen atoms in total. The van der Waals surface area contributed by atoms with Crippen LogP contribution in [0.15, 0.2) is 42.5 Å². The lowest BCUT2D eigenvalue weighted by atomic mass is 10.1. The van der Waals surface area contributed by atoms with E-state index in [2.05, 4.69) is 10.0 Å². The van der Waals surface area contributed by atoms with Crippen molar-refractivity contribution >= 4 is 62.1 Å². The first-order valence-electron chi connectivity index (χ1n) is 13.6. The standard InChI is InChI=1S/C28H34FN5O6S2/c1-3-26(41)30-17-22-18-34(28(37)40-22)21-8-9-24(23(29)16-21)32-12-14-33(15-13-32)27(36)11-10-25(35)19-4-6-20(7-5-19)31-42(2,38)39/h4-9,16,22,31H,3,10-15,17-18H2,1-2H3,(H,30,41)/t22-/m0/s1. The van der Waals surface area contributed by atoms with Gasteiger partial charge in [-0.1, -0.05) is 19.1 Å². The highest BCUT2D eigenvalue weighted by atomic mass is 32.2. The molecule has 0 aliphatic carbocycles.